The molecule has 0 unspecified atom stereocenters. The third-order valence-corrected chi connectivity index (χ3v) is 4.72. The van der Waals surface area contributed by atoms with Gasteiger partial charge in [-0.1, -0.05) is 26.0 Å². The maximum absolute atomic E-state index is 14.3. The number of benzene rings is 1. The number of hydrogen-bond acceptors (Lipinski definition) is 2. The molecule has 1 aliphatic carbocycles. The Labute approximate surface area is 126 Å². The summed E-state index contributed by atoms with van der Waals surface area (Å²) in [5, 5.41) is 7.42. The van der Waals surface area contributed by atoms with E-state index in [1.807, 2.05) is 0 Å². The average Bonchev–Trinajstić information content (AvgIpc) is 2.40. The van der Waals surface area contributed by atoms with Gasteiger partial charge in [0.15, 0.2) is 0 Å². The van der Waals surface area contributed by atoms with Gasteiger partial charge in [-0.05, 0) is 44.2 Å². The molecule has 116 valence electrons. The van der Waals surface area contributed by atoms with Gasteiger partial charge in [0.2, 0.25) is 0 Å². The molecule has 0 saturated heterocycles. The van der Waals surface area contributed by atoms with Crippen LogP contribution in [0.1, 0.15) is 50.7 Å². The molecule has 0 aromatic heterocycles. The maximum atomic E-state index is 14.3. The quantitative estimate of drug-likeness (QED) is 0.659. The van der Waals surface area contributed by atoms with Crippen molar-refractivity contribution in [3.05, 3.63) is 35.1 Å². The van der Waals surface area contributed by atoms with E-state index in [9.17, 15) is 4.39 Å². The molecule has 1 fully saturated rings. The molecule has 0 atom stereocenters. The van der Waals surface area contributed by atoms with E-state index in [4.69, 9.17) is 11.1 Å². The summed E-state index contributed by atoms with van der Waals surface area (Å²) in [7, 11) is 2.06. The molecule has 1 aromatic rings. The topological polar surface area (TPSA) is 53.1 Å². The zero-order valence-corrected chi connectivity index (χ0v) is 13.2. The van der Waals surface area contributed by atoms with Crippen LogP contribution < -0.4 is 5.73 Å². The minimum absolute atomic E-state index is 0.200. The normalized spacial score (nSPS) is 18.9. The Morgan fingerprint density at radius 3 is 2.57 bits per heavy atom. The van der Waals surface area contributed by atoms with E-state index < -0.39 is 0 Å². The van der Waals surface area contributed by atoms with Crippen molar-refractivity contribution in [1.29, 1.82) is 5.41 Å². The molecule has 1 aliphatic rings. The molecule has 0 radical (unpaired) electrons. The number of halogens is 1. The van der Waals surface area contributed by atoms with E-state index in [1.165, 1.54) is 12.8 Å². The number of nitrogens with zero attached hydrogens (tertiary/aromatic N) is 1. The fraction of sp³-hybridized carbons (Fsp3) is 0.588. The van der Waals surface area contributed by atoms with E-state index >= 15 is 0 Å². The number of nitrogens with one attached hydrogen (secondary N) is 1. The average molecular weight is 291 g/mol. The van der Waals surface area contributed by atoms with Crippen LogP contribution in [-0.2, 0) is 6.54 Å². The minimum atomic E-state index is -0.354. The summed E-state index contributed by atoms with van der Waals surface area (Å²) in [5.41, 5.74) is 6.68. The molecule has 2 rings (SSSR count). The van der Waals surface area contributed by atoms with Crippen molar-refractivity contribution in [3.8, 4) is 0 Å². The van der Waals surface area contributed by atoms with Gasteiger partial charge in [0.25, 0.3) is 0 Å². The maximum Gasteiger partial charge on any atom is 0.138 e. The van der Waals surface area contributed by atoms with Crippen molar-refractivity contribution in [2.75, 3.05) is 7.05 Å². The molecule has 0 aliphatic heterocycles. The van der Waals surface area contributed by atoms with Crippen molar-refractivity contribution in [2.45, 2.75) is 52.1 Å². The lowest BCUT2D eigenvalue weighted by atomic mass is 9.75. The standard InChI is InChI=1S/C17H26FN3/c1-17(2)9-7-13(8-10-17)21(3)11-12-5-4-6-14(15(12)18)16(19)20/h4-6,13H,7-11H2,1-3H3,(H3,19,20). The van der Waals surface area contributed by atoms with Crippen LogP contribution in [0.15, 0.2) is 18.2 Å². The van der Waals surface area contributed by atoms with Crippen LogP contribution in [0, 0.1) is 16.6 Å². The predicted octanol–water partition coefficient (Wildman–Crippen LogP) is 3.51. The van der Waals surface area contributed by atoms with E-state index in [0.29, 0.717) is 23.6 Å². The monoisotopic (exact) mass is 291 g/mol. The van der Waals surface area contributed by atoms with Crippen LogP contribution in [0.2, 0.25) is 0 Å². The first-order chi connectivity index (χ1) is 9.80. The first kappa shape index (κ1) is 16.0. The largest absolute Gasteiger partial charge is 0.384 e. The van der Waals surface area contributed by atoms with Crippen molar-refractivity contribution in [3.63, 3.8) is 0 Å². The Hall–Kier alpha value is -1.42. The highest BCUT2D eigenvalue weighted by Crippen LogP contribution is 2.36. The number of nitrogen functional groups attached to an aromatic ring is 1. The zero-order chi connectivity index (χ0) is 15.6. The molecule has 1 aromatic carbocycles. The lowest BCUT2D eigenvalue weighted by Crippen LogP contribution is -2.37. The third kappa shape index (κ3) is 3.82. The van der Waals surface area contributed by atoms with E-state index in [-0.39, 0.29) is 17.2 Å². The van der Waals surface area contributed by atoms with Crippen molar-refractivity contribution >= 4 is 5.84 Å². The molecular weight excluding hydrogens is 265 g/mol. The number of amidine groups is 1. The third-order valence-electron chi connectivity index (χ3n) is 4.72. The SMILES string of the molecule is CN(Cc1cccc(C(=N)N)c1F)C1CCC(C)(C)CC1. The molecule has 3 nitrogen and oxygen atoms in total. The minimum Gasteiger partial charge on any atom is -0.384 e. The lowest BCUT2D eigenvalue weighted by molar-refractivity contribution is 0.122. The second-order valence-corrected chi connectivity index (χ2v) is 7.00. The van der Waals surface area contributed by atoms with Crippen molar-refractivity contribution in [2.24, 2.45) is 11.1 Å². The Morgan fingerprint density at radius 2 is 2.00 bits per heavy atom. The first-order valence-corrected chi connectivity index (χ1v) is 7.62. The van der Waals surface area contributed by atoms with Crippen LogP contribution in [0.3, 0.4) is 0 Å². The Balaban J connectivity index is 2.05. The highest BCUT2D eigenvalue weighted by molar-refractivity contribution is 5.95. The summed E-state index contributed by atoms with van der Waals surface area (Å²) in [5.74, 6) is -0.565. The number of rotatable bonds is 4. The van der Waals surface area contributed by atoms with Gasteiger partial charge in [-0.2, -0.15) is 0 Å². The van der Waals surface area contributed by atoms with Gasteiger partial charge in [-0.15, -0.1) is 0 Å². The number of nitrogens with two attached hydrogens (primary N) is 1. The van der Waals surface area contributed by atoms with Crippen LogP contribution >= 0.6 is 0 Å². The summed E-state index contributed by atoms with van der Waals surface area (Å²) < 4.78 is 14.3. The molecule has 0 heterocycles. The van der Waals surface area contributed by atoms with Crippen LogP contribution in [0.5, 0.6) is 0 Å². The second-order valence-electron chi connectivity index (χ2n) is 7.00. The zero-order valence-electron chi connectivity index (χ0n) is 13.2. The Kier molecular flexibility index (Phi) is 4.67. The van der Waals surface area contributed by atoms with E-state index in [1.54, 1.807) is 18.2 Å². The summed E-state index contributed by atoms with van der Waals surface area (Å²) >= 11 is 0. The molecule has 0 spiro atoms. The summed E-state index contributed by atoms with van der Waals surface area (Å²) in [6.07, 6.45) is 4.77. The summed E-state index contributed by atoms with van der Waals surface area (Å²) in [6, 6.07) is 5.63. The van der Waals surface area contributed by atoms with Crippen LogP contribution in [0.25, 0.3) is 0 Å². The second kappa shape index (κ2) is 6.14. The van der Waals surface area contributed by atoms with E-state index in [2.05, 4.69) is 25.8 Å². The Bertz CT molecular complexity index is 515. The van der Waals surface area contributed by atoms with Crippen molar-refractivity contribution < 1.29 is 4.39 Å². The van der Waals surface area contributed by atoms with Gasteiger partial charge in [0.1, 0.15) is 11.7 Å². The Morgan fingerprint density at radius 1 is 1.38 bits per heavy atom. The van der Waals surface area contributed by atoms with Crippen molar-refractivity contribution in [1.82, 2.24) is 4.90 Å². The molecule has 4 heteroatoms. The smallest absolute Gasteiger partial charge is 0.138 e. The molecule has 21 heavy (non-hydrogen) atoms. The summed E-state index contributed by atoms with van der Waals surface area (Å²) in [6.45, 7) is 5.20. The molecular formula is C17H26FN3. The van der Waals surface area contributed by atoms with Crippen LogP contribution in [-0.4, -0.2) is 23.8 Å². The van der Waals surface area contributed by atoms with Crippen LogP contribution in [0.4, 0.5) is 4.39 Å². The fourth-order valence-electron chi connectivity index (χ4n) is 3.13. The van der Waals surface area contributed by atoms with Gasteiger partial charge in [-0.3, -0.25) is 10.3 Å². The molecule has 0 bridgehead atoms. The summed E-state index contributed by atoms with van der Waals surface area (Å²) in [4.78, 5) is 2.23. The van der Waals surface area contributed by atoms with Gasteiger partial charge in [-0.25, -0.2) is 4.39 Å². The molecule has 3 N–H and O–H groups in total. The number of hydrogen-bond donors (Lipinski definition) is 2. The first-order valence-electron chi connectivity index (χ1n) is 7.62. The van der Waals surface area contributed by atoms with E-state index in [0.717, 1.165) is 12.8 Å². The predicted molar refractivity (Wildman–Crippen MR) is 84.9 cm³/mol. The highest BCUT2D eigenvalue weighted by Gasteiger charge is 2.29. The lowest BCUT2D eigenvalue weighted by Gasteiger charge is -2.38. The van der Waals surface area contributed by atoms with Gasteiger partial charge >= 0.3 is 0 Å². The molecule has 1 saturated carbocycles. The fourth-order valence-corrected chi connectivity index (χ4v) is 3.13. The van der Waals surface area contributed by atoms with Gasteiger partial charge in [0.05, 0.1) is 5.56 Å². The molecule has 0 amide bonds. The van der Waals surface area contributed by atoms with Gasteiger partial charge in [0, 0.05) is 18.2 Å². The van der Waals surface area contributed by atoms with Gasteiger partial charge < -0.3 is 5.73 Å². The highest BCUT2D eigenvalue weighted by atomic mass is 19.1.